The van der Waals surface area contributed by atoms with E-state index in [1.165, 1.54) is 21.6 Å². The average Bonchev–Trinajstić information content (AvgIpc) is 3.30. The summed E-state index contributed by atoms with van der Waals surface area (Å²) in [5, 5.41) is 2.14. The fraction of sp³-hybridized carbons (Fsp3) is 0.385. The fourth-order valence-corrected chi connectivity index (χ4v) is 4.69. The maximum absolute atomic E-state index is 5.74. The molecule has 0 saturated carbocycles. The zero-order valence-electron chi connectivity index (χ0n) is 18.3. The molecule has 3 rings (SSSR count). The number of aryl methyl sites for hydroxylation is 4. The Morgan fingerprint density at radius 1 is 0.633 bits per heavy atom. The van der Waals surface area contributed by atoms with Crippen LogP contribution in [0.3, 0.4) is 0 Å². The summed E-state index contributed by atoms with van der Waals surface area (Å²) < 4.78 is 17.2. The molecule has 1 heterocycles. The summed E-state index contributed by atoms with van der Waals surface area (Å²) in [6.07, 6.45) is 7.45. The molecule has 160 valence electrons. The minimum Gasteiger partial charge on any atom is -0.492 e. The predicted octanol–water partition coefficient (Wildman–Crippen LogP) is 6.51. The van der Waals surface area contributed by atoms with Crippen molar-refractivity contribution in [1.29, 1.82) is 0 Å². The van der Waals surface area contributed by atoms with Crippen LogP contribution in [0, 0.1) is 0 Å². The van der Waals surface area contributed by atoms with Gasteiger partial charge in [0.25, 0.3) is 0 Å². The topological polar surface area (TPSA) is 27.7 Å². The van der Waals surface area contributed by atoms with Crippen molar-refractivity contribution in [3.63, 3.8) is 0 Å². The van der Waals surface area contributed by atoms with E-state index in [9.17, 15) is 0 Å². The van der Waals surface area contributed by atoms with E-state index in [0.717, 1.165) is 56.4 Å². The Morgan fingerprint density at radius 3 is 1.87 bits per heavy atom. The smallest absolute Gasteiger partial charge is 0.203 e. The first-order chi connectivity index (χ1) is 14.8. The number of rotatable bonds is 12. The highest BCUT2D eigenvalue weighted by Gasteiger charge is 2.20. The minimum absolute atomic E-state index is 0.715. The standard InChI is InChI=1S/C26H32O3S/c1-27-24-21(14-8-7-13-20-11-5-4-6-12-20)19-22(25(28-2)26(24)29-3)15-9-16-23-17-10-18-30-23/h4-6,10-12,17-19H,7-9,13-16H2,1-3H3. The number of hydrogen-bond acceptors (Lipinski definition) is 4. The van der Waals surface area contributed by atoms with Crippen LogP contribution in [0.2, 0.25) is 0 Å². The molecule has 3 aromatic rings. The van der Waals surface area contributed by atoms with Crippen molar-refractivity contribution in [2.45, 2.75) is 44.9 Å². The van der Waals surface area contributed by atoms with Crippen LogP contribution in [0.1, 0.15) is 40.8 Å². The number of ether oxygens (including phenoxy) is 3. The molecule has 3 nitrogen and oxygen atoms in total. The van der Waals surface area contributed by atoms with Gasteiger partial charge < -0.3 is 14.2 Å². The largest absolute Gasteiger partial charge is 0.492 e. The van der Waals surface area contributed by atoms with E-state index in [1.807, 2.05) is 11.3 Å². The zero-order valence-corrected chi connectivity index (χ0v) is 19.1. The van der Waals surface area contributed by atoms with Crippen LogP contribution < -0.4 is 14.2 Å². The molecular formula is C26H32O3S. The van der Waals surface area contributed by atoms with Crippen molar-refractivity contribution in [3.05, 3.63) is 75.5 Å². The monoisotopic (exact) mass is 424 g/mol. The van der Waals surface area contributed by atoms with Crippen LogP contribution in [0.4, 0.5) is 0 Å². The highest BCUT2D eigenvalue weighted by atomic mass is 32.1. The second kappa shape index (κ2) is 11.7. The second-order valence-corrected chi connectivity index (χ2v) is 8.45. The molecule has 0 aliphatic carbocycles. The van der Waals surface area contributed by atoms with Gasteiger partial charge in [-0.1, -0.05) is 36.4 Å². The first-order valence-electron chi connectivity index (χ1n) is 10.6. The van der Waals surface area contributed by atoms with E-state index in [4.69, 9.17) is 14.2 Å². The molecule has 30 heavy (non-hydrogen) atoms. The molecule has 4 heteroatoms. The Hall–Kier alpha value is -2.46. The maximum atomic E-state index is 5.74. The Balaban J connectivity index is 1.71. The molecule has 0 unspecified atom stereocenters. The zero-order chi connectivity index (χ0) is 21.2. The number of hydrogen-bond donors (Lipinski definition) is 0. The van der Waals surface area contributed by atoms with Crippen LogP contribution in [0.5, 0.6) is 17.2 Å². The predicted molar refractivity (Wildman–Crippen MR) is 126 cm³/mol. The second-order valence-electron chi connectivity index (χ2n) is 7.42. The lowest BCUT2D eigenvalue weighted by molar-refractivity contribution is 0.319. The Labute approximate surface area is 184 Å². The van der Waals surface area contributed by atoms with Gasteiger partial charge in [0.05, 0.1) is 21.3 Å². The van der Waals surface area contributed by atoms with Gasteiger partial charge in [0.2, 0.25) is 5.75 Å². The molecule has 0 fully saturated rings. The molecular weight excluding hydrogens is 392 g/mol. The molecule has 1 aromatic heterocycles. The lowest BCUT2D eigenvalue weighted by Crippen LogP contribution is -2.04. The summed E-state index contributed by atoms with van der Waals surface area (Å²) >= 11 is 1.82. The fourth-order valence-electron chi connectivity index (χ4n) is 3.94. The SMILES string of the molecule is COc1c(CCCCc2ccccc2)cc(CCCc2cccs2)c(OC)c1OC. The van der Waals surface area contributed by atoms with Crippen molar-refractivity contribution in [2.75, 3.05) is 21.3 Å². The molecule has 0 radical (unpaired) electrons. The van der Waals surface area contributed by atoms with E-state index < -0.39 is 0 Å². The Bertz CT molecular complexity index is 888. The van der Waals surface area contributed by atoms with Gasteiger partial charge in [0.1, 0.15) is 0 Å². The number of unbranched alkanes of at least 4 members (excludes halogenated alkanes) is 1. The quantitative estimate of drug-likeness (QED) is 0.310. The molecule has 0 saturated heterocycles. The summed E-state index contributed by atoms with van der Waals surface area (Å²) in [5.74, 6) is 2.32. The van der Waals surface area contributed by atoms with Crippen LogP contribution in [-0.2, 0) is 25.7 Å². The van der Waals surface area contributed by atoms with E-state index >= 15 is 0 Å². The molecule has 0 atom stereocenters. The van der Waals surface area contributed by atoms with Gasteiger partial charge in [0, 0.05) is 4.88 Å². The van der Waals surface area contributed by atoms with Gasteiger partial charge in [-0.25, -0.2) is 0 Å². The molecule has 0 aliphatic rings. The van der Waals surface area contributed by atoms with Crippen LogP contribution >= 0.6 is 11.3 Å². The van der Waals surface area contributed by atoms with Gasteiger partial charge >= 0.3 is 0 Å². The van der Waals surface area contributed by atoms with Crippen molar-refractivity contribution in [3.8, 4) is 17.2 Å². The third-order valence-electron chi connectivity index (χ3n) is 5.41. The van der Waals surface area contributed by atoms with E-state index in [2.05, 4.69) is 53.9 Å². The molecule has 0 amide bonds. The highest BCUT2D eigenvalue weighted by Crippen LogP contribution is 2.43. The van der Waals surface area contributed by atoms with Gasteiger partial charge in [-0.15, -0.1) is 11.3 Å². The summed E-state index contributed by atoms with van der Waals surface area (Å²) in [6, 6.07) is 17.3. The van der Waals surface area contributed by atoms with E-state index in [1.54, 1.807) is 21.3 Å². The Morgan fingerprint density at radius 2 is 1.27 bits per heavy atom. The Kier molecular flexibility index (Phi) is 8.64. The third-order valence-corrected chi connectivity index (χ3v) is 6.35. The molecule has 0 N–H and O–H groups in total. The van der Waals surface area contributed by atoms with Gasteiger partial charge in [-0.3, -0.25) is 0 Å². The molecule has 0 spiro atoms. The lowest BCUT2D eigenvalue weighted by Gasteiger charge is -2.19. The maximum Gasteiger partial charge on any atom is 0.203 e. The van der Waals surface area contributed by atoms with Crippen LogP contribution in [-0.4, -0.2) is 21.3 Å². The van der Waals surface area contributed by atoms with Crippen molar-refractivity contribution >= 4 is 11.3 Å². The number of methoxy groups -OCH3 is 3. The van der Waals surface area contributed by atoms with Crippen molar-refractivity contribution in [1.82, 2.24) is 0 Å². The highest BCUT2D eigenvalue weighted by molar-refractivity contribution is 7.09. The van der Waals surface area contributed by atoms with Gasteiger partial charge in [-0.05, 0) is 79.1 Å². The summed E-state index contributed by atoms with van der Waals surface area (Å²) in [7, 11) is 5.11. The first-order valence-corrected chi connectivity index (χ1v) is 11.5. The first kappa shape index (κ1) is 22.2. The van der Waals surface area contributed by atoms with Crippen molar-refractivity contribution in [2.24, 2.45) is 0 Å². The number of benzene rings is 2. The summed E-state index contributed by atoms with van der Waals surface area (Å²) in [4.78, 5) is 1.43. The van der Waals surface area contributed by atoms with Crippen LogP contribution in [0.25, 0.3) is 0 Å². The summed E-state index contributed by atoms with van der Waals surface area (Å²) in [6.45, 7) is 0. The normalized spacial score (nSPS) is 10.8. The number of thiophene rings is 1. The molecule has 0 aliphatic heterocycles. The van der Waals surface area contributed by atoms with E-state index in [-0.39, 0.29) is 0 Å². The van der Waals surface area contributed by atoms with Crippen molar-refractivity contribution < 1.29 is 14.2 Å². The minimum atomic E-state index is 0.715. The van der Waals surface area contributed by atoms with Gasteiger partial charge in [-0.2, -0.15) is 0 Å². The molecule has 2 aromatic carbocycles. The third kappa shape index (κ3) is 5.79. The van der Waals surface area contributed by atoms with E-state index in [0.29, 0.717) is 5.75 Å². The van der Waals surface area contributed by atoms with Gasteiger partial charge in [0.15, 0.2) is 11.5 Å². The van der Waals surface area contributed by atoms with Crippen LogP contribution in [0.15, 0.2) is 53.9 Å². The molecule has 0 bridgehead atoms. The summed E-state index contributed by atoms with van der Waals surface area (Å²) in [5.41, 5.74) is 3.80. The lowest BCUT2D eigenvalue weighted by atomic mass is 9.97. The average molecular weight is 425 g/mol.